The Bertz CT molecular complexity index is 655. The van der Waals surface area contributed by atoms with E-state index in [1.807, 2.05) is 0 Å². The first-order valence-electron chi connectivity index (χ1n) is 18.5. The molecule has 0 aliphatic heterocycles. The van der Waals surface area contributed by atoms with Crippen molar-refractivity contribution < 1.29 is 53.7 Å². The van der Waals surface area contributed by atoms with Crippen molar-refractivity contribution >= 4 is 11.9 Å². The molecule has 0 aliphatic carbocycles. The summed E-state index contributed by atoms with van der Waals surface area (Å²) in [4.78, 5) is 21.3. The van der Waals surface area contributed by atoms with E-state index in [0.717, 1.165) is 136 Å². The Balaban J connectivity index is -0.000000762. The van der Waals surface area contributed by atoms with E-state index >= 15 is 0 Å². The van der Waals surface area contributed by atoms with Gasteiger partial charge in [0.2, 0.25) is 0 Å². The third-order valence-electron chi connectivity index (χ3n) is 8.29. The van der Waals surface area contributed by atoms with E-state index in [-0.39, 0.29) is 24.0 Å². The van der Waals surface area contributed by atoms with E-state index in [2.05, 4.69) is 38.2 Å². The summed E-state index contributed by atoms with van der Waals surface area (Å²) >= 11 is 0.750. The Kier molecular flexibility index (Phi) is 42.9. The number of aliphatic carboxylic acids is 2. The van der Waals surface area contributed by atoms with E-state index in [4.69, 9.17) is 13.5 Å². The van der Waals surface area contributed by atoms with Crippen LogP contribution in [0.15, 0.2) is 24.3 Å². The minimum absolute atomic E-state index is 0.175. The van der Waals surface area contributed by atoms with Gasteiger partial charge in [-0.25, -0.2) is 0 Å². The van der Waals surface area contributed by atoms with Crippen molar-refractivity contribution in [2.45, 2.75) is 194 Å². The number of hydrogen-bond acceptors (Lipinski definition) is 5. The fourth-order valence-electron chi connectivity index (χ4n) is 4.97. The second kappa shape index (κ2) is 40.0. The molecule has 0 radical (unpaired) electrons. The van der Waals surface area contributed by atoms with Crippen LogP contribution in [0.4, 0.5) is 0 Å². The van der Waals surface area contributed by atoms with Crippen molar-refractivity contribution in [2.75, 3.05) is 0 Å². The van der Waals surface area contributed by atoms with E-state index in [0.29, 0.717) is 0 Å². The number of allylic oxidation sites excluding steroid dienone is 2. The van der Waals surface area contributed by atoms with Gasteiger partial charge in [0.15, 0.2) is 0 Å². The molecular weight excluding hydrogens is 616 g/mol. The van der Waals surface area contributed by atoms with Crippen LogP contribution >= 0.6 is 0 Å². The van der Waals surface area contributed by atoms with E-state index in [1.54, 1.807) is 13.8 Å². The van der Waals surface area contributed by atoms with Gasteiger partial charge in [-0.2, -0.15) is 0 Å². The molecule has 0 saturated heterocycles. The van der Waals surface area contributed by atoms with Gasteiger partial charge >= 0.3 is 35.7 Å². The van der Waals surface area contributed by atoms with E-state index in [9.17, 15) is 19.8 Å². The molecule has 0 saturated carbocycles. The van der Waals surface area contributed by atoms with Crippen LogP contribution in [0.2, 0.25) is 0 Å². The topological polar surface area (TPSA) is 132 Å². The first kappa shape index (κ1) is 49.2. The minimum atomic E-state index is -0.684. The van der Waals surface area contributed by atoms with Crippen molar-refractivity contribution in [3.05, 3.63) is 24.3 Å². The molecule has 4 N–H and O–H groups in total. The Morgan fingerprint density at radius 2 is 0.804 bits per heavy atom. The zero-order valence-electron chi connectivity index (χ0n) is 30.1. The molecule has 0 fully saturated rings. The van der Waals surface area contributed by atoms with Gasteiger partial charge in [0.25, 0.3) is 0 Å². The molecule has 0 aromatic carbocycles. The number of carbonyl (C=O) groups is 2. The summed E-state index contributed by atoms with van der Waals surface area (Å²) in [6.45, 7) is 7.95. The number of aliphatic hydroxyl groups is 2. The quantitative estimate of drug-likeness (QED) is 0.0335. The maximum absolute atomic E-state index is 10.7. The summed E-state index contributed by atoms with van der Waals surface area (Å²) < 4.78 is 8.25. The number of hydrogen-bond donors (Lipinski definition) is 4. The van der Waals surface area contributed by atoms with Gasteiger partial charge < -0.3 is 20.4 Å². The number of carboxylic acids is 2. The van der Waals surface area contributed by atoms with Crippen molar-refractivity contribution in [1.29, 1.82) is 0 Å². The summed E-state index contributed by atoms with van der Waals surface area (Å²) in [6.07, 6.45) is 34.0. The third-order valence-corrected chi connectivity index (χ3v) is 8.29. The van der Waals surface area contributed by atoms with Crippen LogP contribution < -0.4 is 0 Å². The molecular formula is C38H72O7Ti. The summed E-state index contributed by atoms with van der Waals surface area (Å²) in [5.74, 6) is -1.79. The Hall–Kier alpha value is -1.15. The van der Waals surface area contributed by atoms with Crippen LogP contribution in [0, 0.1) is 11.8 Å². The summed E-state index contributed by atoms with van der Waals surface area (Å²) in [6, 6.07) is 0. The molecule has 0 aliphatic rings. The van der Waals surface area contributed by atoms with Crippen molar-refractivity contribution in [3.63, 3.8) is 0 Å². The fraction of sp³-hybridized carbons (Fsp3) is 0.842. The second-order valence-corrected chi connectivity index (χ2v) is 12.9. The molecule has 7 nitrogen and oxygen atoms in total. The first-order valence-corrected chi connectivity index (χ1v) is 19.1. The predicted molar refractivity (Wildman–Crippen MR) is 187 cm³/mol. The van der Waals surface area contributed by atoms with Crippen LogP contribution in [0.1, 0.15) is 182 Å². The molecule has 0 aromatic rings. The van der Waals surface area contributed by atoms with Crippen LogP contribution in [0.25, 0.3) is 0 Å². The average molecular weight is 689 g/mol. The second-order valence-electron chi connectivity index (χ2n) is 12.9. The molecule has 4 unspecified atom stereocenters. The number of carboxylic acid groups (broad SMARTS) is 2. The van der Waals surface area contributed by atoms with Crippen molar-refractivity contribution in [3.8, 4) is 0 Å². The van der Waals surface area contributed by atoms with Crippen LogP contribution in [0.3, 0.4) is 0 Å². The van der Waals surface area contributed by atoms with E-state index in [1.165, 1.54) is 38.5 Å². The Labute approximate surface area is 294 Å². The van der Waals surface area contributed by atoms with Gasteiger partial charge in [-0.05, 0) is 64.2 Å². The Morgan fingerprint density at radius 3 is 1.13 bits per heavy atom. The van der Waals surface area contributed by atoms with Gasteiger partial charge in [-0.15, -0.1) is 0 Å². The van der Waals surface area contributed by atoms with Gasteiger partial charge in [0.1, 0.15) is 0 Å². The molecule has 8 heteroatoms. The van der Waals surface area contributed by atoms with Gasteiger partial charge in [-0.1, -0.05) is 142 Å². The van der Waals surface area contributed by atoms with Crippen LogP contribution in [0.5, 0.6) is 0 Å². The molecule has 0 bridgehead atoms. The number of unbranched alkanes of at least 4 members (excludes halogenated alkanes) is 14. The molecule has 4 atom stereocenters. The fourth-order valence-corrected chi connectivity index (χ4v) is 4.97. The summed E-state index contributed by atoms with van der Waals surface area (Å²) in [5.41, 5.74) is 0. The number of rotatable bonds is 30. The molecule has 0 aromatic heterocycles. The van der Waals surface area contributed by atoms with Gasteiger partial charge in [-0.3, -0.25) is 9.59 Å². The van der Waals surface area contributed by atoms with E-state index < -0.39 is 11.9 Å². The zero-order chi connectivity index (χ0) is 35.3. The molecule has 0 heterocycles. The van der Waals surface area contributed by atoms with Crippen LogP contribution in [-0.2, 0) is 33.3 Å². The standard InChI is InChI=1S/2C19H36O3.O.Ti/c2*1-3-4-5-12-15-18(20)16-13-10-8-6-7-9-11-14-17(2)19(21)22;;/h2*10,13,17-18,20H,3-9,11-12,14-16H2,1-2H3,(H,21,22);;/b2*13-10-;;. The molecule has 46 heavy (non-hydrogen) atoms. The molecule has 0 amide bonds. The summed E-state index contributed by atoms with van der Waals surface area (Å²) in [7, 11) is 0. The maximum atomic E-state index is 10.7. The van der Waals surface area contributed by atoms with Gasteiger partial charge in [0, 0.05) is 0 Å². The number of aliphatic hydroxyl groups excluding tert-OH is 2. The first-order chi connectivity index (χ1) is 22.1. The normalized spacial score (nSPS) is 13.8. The predicted octanol–water partition coefficient (Wildman–Crippen LogP) is 10.5. The molecule has 0 rings (SSSR count). The zero-order valence-corrected chi connectivity index (χ0v) is 31.7. The van der Waals surface area contributed by atoms with Crippen molar-refractivity contribution in [1.82, 2.24) is 0 Å². The summed E-state index contributed by atoms with van der Waals surface area (Å²) in [5, 5.41) is 37.2. The van der Waals surface area contributed by atoms with Gasteiger partial charge in [0.05, 0.1) is 24.0 Å². The molecule has 270 valence electrons. The monoisotopic (exact) mass is 688 g/mol. The van der Waals surface area contributed by atoms with Crippen LogP contribution in [-0.4, -0.2) is 44.6 Å². The van der Waals surface area contributed by atoms with Crippen molar-refractivity contribution in [2.24, 2.45) is 11.8 Å². The SMILES string of the molecule is CCCCCCC(O)C/C=C\CCCCCCC(C)C(=O)O.CCCCCCC(O)C/C=C\CCCCCCC(C)C(=O)O.[O]=[Ti]. The average Bonchev–Trinajstić information content (AvgIpc) is 3.04. The third kappa shape index (κ3) is 40.9. The Morgan fingerprint density at radius 1 is 0.500 bits per heavy atom. The molecule has 0 spiro atoms.